The monoisotopic (exact) mass is 324 g/mol. The van der Waals surface area contributed by atoms with E-state index < -0.39 is 5.79 Å². The van der Waals surface area contributed by atoms with E-state index in [4.69, 9.17) is 14.2 Å². The van der Waals surface area contributed by atoms with Crippen LogP contribution in [0.15, 0.2) is 30.3 Å². The summed E-state index contributed by atoms with van der Waals surface area (Å²) in [5.41, 5.74) is 2.05. The Bertz CT molecular complexity index is 895. The van der Waals surface area contributed by atoms with Gasteiger partial charge in [0.25, 0.3) is 0 Å². The van der Waals surface area contributed by atoms with Crippen LogP contribution >= 0.6 is 0 Å². The maximum Gasteiger partial charge on any atom is 0.205 e. The highest BCUT2D eigenvalue weighted by atomic mass is 16.7. The number of fused-ring (bicyclic) bond motifs is 3. The molecule has 0 amide bonds. The predicted molar refractivity (Wildman–Crippen MR) is 85.8 cm³/mol. The smallest absolute Gasteiger partial charge is 0.205 e. The number of ether oxygens (including phenoxy) is 3. The van der Waals surface area contributed by atoms with Crippen molar-refractivity contribution in [3.8, 4) is 11.5 Å². The summed E-state index contributed by atoms with van der Waals surface area (Å²) in [5, 5.41) is 0. The summed E-state index contributed by atoms with van der Waals surface area (Å²) in [7, 11) is 1.48. The van der Waals surface area contributed by atoms with Gasteiger partial charge in [0.2, 0.25) is 5.79 Å². The number of benzene rings is 2. The molecule has 5 heteroatoms. The first kappa shape index (κ1) is 14.9. The highest BCUT2D eigenvalue weighted by molar-refractivity contribution is 6.29. The molecule has 0 atom stereocenters. The van der Waals surface area contributed by atoms with Crippen LogP contribution in [0.25, 0.3) is 0 Å². The Kier molecular flexibility index (Phi) is 3.05. The van der Waals surface area contributed by atoms with Gasteiger partial charge in [-0.15, -0.1) is 0 Å². The van der Waals surface area contributed by atoms with Crippen molar-refractivity contribution in [2.24, 2.45) is 0 Å². The summed E-state index contributed by atoms with van der Waals surface area (Å²) in [6.07, 6.45) is 0. The highest BCUT2D eigenvalue weighted by Crippen LogP contribution is 2.44. The molecule has 1 heterocycles. The largest absolute Gasteiger partial charge is 0.495 e. The normalized spacial score (nSPS) is 17.5. The molecule has 0 spiro atoms. The Morgan fingerprint density at radius 1 is 1.04 bits per heavy atom. The molecule has 0 radical (unpaired) electrons. The standard InChI is InChI=1S/C19H16O5/c1-19(2)23-9-13-14(24-19)8-12-15(18(13)22-3)17(21)11-7-5-4-6-10(11)16(12)20/h4-8H,9H2,1-3H3. The van der Waals surface area contributed by atoms with Gasteiger partial charge < -0.3 is 14.2 Å². The molecule has 0 saturated carbocycles. The molecule has 0 bridgehead atoms. The van der Waals surface area contributed by atoms with E-state index in [1.165, 1.54) is 7.11 Å². The minimum atomic E-state index is -0.800. The van der Waals surface area contributed by atoms with Gasteiger partial charge in [0.1, 0.15) is 11.5 Å². The quantitative estimate of drug-likeness (QED) is 0.688. The number of carbonyl (C=O) groups excluding carboxylic acids is 2. The van der Waals surface area contributed by atoms with Gasteiger partial charge in [0.05, 0.1) is 24.8 Å². The van der Waals surface area contributed by atoms with Gasteiger partial charge in [-0.25, -0.2) is 0 Å². The Hall–Kier alpha value is -2.66. The van der Waals surface area contributed by atoms with E-state index in [0.29, 0.717) is 33.8 Å². The third-order valence-corrected chi connectivity index (χ3v) is 4.36. The second-order valence-corrected chi connectivity index (χ2v) is 6.30. The third kappa shape index (κ3) is 1.98. The van der Waals surface area contributed by atoms with Gasteiger partial charge in [0.15, 0.2) is 11.6 Å². The van der Waals surface area contributed by atoms with E-state index in [2.05, 4.69) is 0 Å². The van der Waals surface area contributed by atoms with E-state index in [9.17, 15) is 9.59 Å². The lowest BCUT2D eigenvalue weighted by Crippen LogP contribution is -2.36. The lowest BCUT2D eigenvalue weighted by molar-refractivity contribution is -0.180. The van der Waals surface area contributed by atoms with Gasteiger partial charge in [-0.1, -0.05) is 24.3 Å². The first-order chi connectivity index (χ1) is 11.4. The van der Waals surface area contributed by atoms with Crippen molar-refractivity contribution in [3.05, 3.63) is 58.1 Å². The van der Waals surface area contributed by atoms with Gasteiger partial charge in [-0.05, 0) is 6.07 Å². The summed E-state index contributed by atoms with van der Waals surface area (Å²) >= 11 is 0. The molecule has 2 aromatic rings. The van der Waals surface area contributed by atoms with Crippen LogP contribution in [0.5, 0.6) is 11.5 Å². The average molecular weight is 324 g/mol. The number of hydrogen-bond acceptors (Lipinski definition) is 5. The third-order valence-electron chi connectivity index (χ3n) is 4.36. The number of ketones is 2. The fourth-order valence-electron chi connectivity index (χ4n) is 3.23. The van der Waals surface area contributed by atoms with Crippen molar-refractivity contribution < 1.29 is 23.8 Å². The molecule has 0 saturated heterocycles. The van der Waals surface area contributed by atoms with Gasteiger partial charge in [-0.3, -0.25) is 9.59 Å². The number of carbonyl (C=O) groups is 2. The van der Waals surface area contributed by atoms with E-state index >= 15 is 0 Å². The minimum absolute atomic E-state index is 0.200. The molecular weight excluding hydrogens is 308 g/mol. The van der Waals surface area contributed by atoms with E-state index in [1.54, 1.807) is 44.2 Å². The number of methoxy groups -OCH3 is 1. The molecule has 122 valence electrons. The molecule has 0 aromatic heterocycles. The molecule has 0 fully saturated rings. The van der Waals surface area contributed by atoms with Crippen LogP contribution in [-0.2, 0) is 11.3 Å². The van der Waals surface area contributed by atoms with E-state index in [1.807, 2.05) is 0 Å². The van der Waals surface area contributed by atoms with Crippen LogP contribution in [-0.4, -0.2) is 24.5 Å². The molecule has 24 heavy (non-hydrogen) atoms. The number of rotatable bonds is 1. The first-order valence-electron chi connectivity index (χ1n) is 7.68. The Balaban J connectivity index is 2.00. The zero-order valence-electron chi connectivity index (χ0n) is 13.6. The van der Waals surface area contributed by atoms with Crippen molar-refractivity contribution >= 4 is 11.6 Å². The van der Waals surface area contributed by atoms with Crippen molar-refractivity contribution in [2.45, 2.75) is 26.2 Å². The van der Waals surface area contributed by atoms with Crippen LogP contribution in [0.3, 0.4) is 0 Å². The van der Waals surface area contributed by atoms with Crippen LogP contribution < -0.4 is 9.47 Å². The number of hydrogen-bond donors (Lipinski definition) is 0. The molecule has 1 aliphatic heterocycles. The molecule has 4 rings (SSSR count). The lowest BCUT2D eigenvalue weighted by Gasteiger charge is -2.34. The maximum absolute atomic E-state index is 12.9. The Labute approximate surface area is 139 Å². The first-order valence-corrected chi connectivity index (χ1v) is 7.68. The maximum atomic E-state index is 12.9. The Morgan fingerprint density at radius 3 is 2.38 bits per heavy atom. The van der Waals surface area contributed by atoms with E-state index in [0.717, 1.165) is 0 Å². The average Bonchev–Trinajstić information content (AvgIpc) is 2.57. The topological polar surface area (TPSA) is 61.8 Å². The summed E-state index contributed by atoms with van der Waals surface area (Å²) in [6.45, 7) is 3.84. The molecule has 5 nitrogen and oxygen atoms in total. The van der Waals surface area contributed by atoms with Crippen LogP contribution in [0.1, 0.15) is 51.3 Å². The summed E-state index contributed by atoms with van der Waals surface area (Å²) < 4.78 is 17.0. The molecular formula is C19H16O5. The van der Waals surface area contributed by atoms with Crippen LogP contribution in [0.2, 0.25) is 0 Å². The predicted octanol–water partition coefficient (Wildman–Crippen LogP) is 3.12. The van der Waals surface area contributed by atoms with Crippen molar-refractivity contribution in [1.82, 2.24) is 0 Å². The van der Waals surface area contributed by atoms with Crippen LogP contribution in [0, 0.1) is 0 Å². The fraction of sp³-hybridized carbons (Fsp3) is 0.263. The van der Waals surface area contributed by atoms with E-state index in [-0.39, 0.29) is 23.7 Å². The zero-order valence-corrected chi connectivity index (χ0v) is 13.6. The molecule has 2 aliphatic rings. The summed E-state index contributed by atoms with van der Waals surface area (Å²) in [4.78, 5) is 25.8. The van der Waals surface area contributed by atoms with Gasteiger partial charge in [-0.2, -0.15) is 0 Å². The van der Waals surface area contributed by atoms with Crippen LogP contribution in [0.4, 0.5) is 0 Å². The SMILES string of the molecule is COc1c2c(cc3c1C(=O)c1ccccc1C3=O)OC(C)(C)OC2. The fourth-order valence-corrected chi connectivity index (χ4v) is 3.23. The lowest BCUT2D eigenvalue weighted by atomic mass is 9.82. The second-order valence-electron chi connectivity index (χ2n) is 6.30. The van der Waals surface area contributed by atoms with Crippen molar-refractivity contribution in [2.75, 3.05) is 7.11 Å². The summed E-state index contributed by atoms with van der Waals surface area (Å²) in [6, 6.07) is 8.45. The minimum Gasteiger partial charge on any atom is -0.495 e. The van der Waals surface area contributed by atoms with Crippen molar-refractivity contribution in [3.63, 3.8) is 0 Å². The summed E-state index contributed by atoms with van der Waals surface area (Å²) in [5.74, 6) is -0.349. The zero-order chi connectivity index (χ0) is 17.1. The van der Waals surface area contributed by atoms with Gasteiger partial charge >= 0.3 is 0 Å². The molecule has 0 N–H and O–H groups in total. The molecule has 0 unspecified atom stereocenters. The second kappa shape index (κ2) is 4.92. The molecule has 2 aromatic carbocycles. The molecule has 1 aliphatic carbocycles. The highest BCUT2D eigenvalue weighted by Gasteiger charge is 2.38. The Morgan fingerprint density at radius 2 is 1.71 bits per heavy atom. The van der Waals surface area contributed by atoms with Crippen molar-refractivity contribution in [1.29, 1.82) is 0 Å². The van der Waals surface area contributed by atoms with Gasteiger partial charge in [0, 0.05) is 30.5 Å².